The Labute approximate surface area is 215 Å². The number of hydrogen-bond acceptors (Lipinski definition) is 6. The number of methoxy groups -OCH3 is 1. The smallest absolute Gasteiger partial charge is 0.308 e. The van der Waals surface area contributed by atoms with Gasteiger partial charge in [0, 0.05) is 23.0 Å². The zero-order valence-electron chi connectivity index (χ0n) is 20.5. The fraction of sp³-hybridized carbons (Fsp3) is 0.429. The molecule has 2 heterocycles. The molecular weight excluding hydrogens is 479 g/mol. The average Bonchev–Trinajstić information content (AvgIpc) is 2.90. The fourth-order valence-electron chi connectivity index (χ4n) is 5.02. The van der Waals surface area contributed by atoms with Gasteiger partial charge in [0.2, 0.25) is 0 Å². The van der Waals surface area contributed by atoms with Crippen molar-refractivity contribution in [2.24, 2.45) is 11.8 Å². The van der Waals surface area contributed by atoms with E-state index in [0.29, 0.717) is 30.0 Å². The third-order valence-corrected chi connectivity index (χ3v) is 8.16. The molecular formula is C28H33FN2O4S. The Morgan fingerprint density at radius 3 is 2.89 bits per heavy atom. The number of nitrogens with zero attached hydrogens (tertiary/aromatic N) is 2. The van der Waals surface area contributed by atoms with Crippen LogP contribution in [0.25, 0.3) is 10.9 Å². The number of piperidine rings is 1. The molecule has 192 valence electrons. The molecule has 0 saturated carbocycles. The number of aromatic nitrogens is 1. The number of carbonyl (C=O) groups is 1. The zero-order valence-corrected chi connectivity index (χ0v) is 21.3. The summed E-state index contributed by atoms with van der Waals surface area (Å²) in [7, 11) is 1.61. The van der Waals surface area contributed by atoms with Gasteiger partial charge in [-0.3, -0.25) is 9.78 Å². The Hall–Kier alpha value is -2.68. The molecule has 0 bridgehead atoms. The first kappa shape index (κ1) is 26.4. The van der Waals surface area contributed by atoms with Crippen molar-refractivity contribution in [2.45, 2.75) is 36.7 Å². The van der Waals surface area contributed by atoms with Gasteiger partial charge < -0.3 is 19.8 Å². The minimum Gasteiger partial charge on any atom is -0.497 e. The largest absolute Gasteiger partial charge is 0.497 e. The Kier molecular flexibility index (Phi) is 9.18. The molecule has 2 N–H and O–H groups in total. The summed E-state index contributed by atoms with van der Waals surface area (Å²) >= 11 is 1.50. The summed E-state index contributed by atoms with van der Waals surface area (Å²) in [4.78, 5) is 19.3. The van der Waals surface area contributed by atoms with Gasteiger partial charge in [0.15, 0.2) is 0 Å². The Bertz CT molecular complexity index is 1180. The first-order valence-corrected chi connectivity index (χ1v) is 13.4. The van der Waals surface area contributed by atoms with Gasteiger partial charge in [-0.2, -0.15) is 0 Å². The predicted molar refractivity (Wildman–Crippen MR) is 140 cm³/mol. The SMILES string of the molecule is COc1ccc2nccc([C@@H](O)CC[C@@H]3CCN(CCCSc4ccccc4F)C[C@@H]3C(=O)O)c2c1. The highest BCUT2D eigenvalue weighted by Gasteiger charge is 2.34. The van der Waals surface area contributed by atoms with E-state index < -0.39 is 18.0 Å². The second-order valence-corrected chi connectivity index (χ2v) is 10.4. The zero-order chi connectivity index (χ0) is 25.5. The first-order valence-electron chi connectivity index (χ1n) is 12.4. The third-order valence-electron chi connectivity index (χ3n) is 7.02. The minimum absolute atomic E-state index is 0.0174. The van der Waals surface area contributed by atoms with Crippen molar-refractivity contribution in [3.63, 3.8) is 0 Å². The second-order valence-electron chi connectivity index (χ2n) is 9.30. The minimum atomic E-state index is -0.779. The molecule has 1 aliphatic heterocycles. The van der Waals surface area contributed by atoms with Crippen molar-refractivity contribution < 1.29 is 24.1 Å². The number of likely N-dealkylation sites (tertiary alicyclic amines) is 1. The molecule has 1 aliphatic rings. The van der Waals surface area contributed by atoms with Crippen molar-refractivity contribution in [1.29, 1.82) is 0 Å². The Morgan fingerprint density at radius 2 is 2.11 bits per heavy atom. The lowest BCUT2D eigenvalue weighted by Crippen LogP contribution is -2.44. The number of hydrogen-bond donors (Lipinski definition) is 2. The van der Waals surface area contributed by atoms with Crippen molar-refractivity contribution in [1.82, 2.24) is 9.88 Å². The molecule has 2 aromatic carbocycles. The maximum absolute atomic E-state index is 13.8. The van der Waals surface area contributed by atoms with Gasteiger partial charge in [-0.25, -0.2) is 4.39 Å². The molecule has 0 spiro atoms. The number of aliphatic hydroxyl groups is 1. The van der Waals surface area contributed by atoms with Gasteiger partial charge in [0.25, 0.3) is 0 Å². The standard InChI is InChI=1S/C28H33FN2O4S/c1-35-20-8-9-25-22(17-20)21(11-13-30-25)26(32)10-7-19-12-15-31(18-23(19)28(33)34)14-4-16-36-27-6-3-2-5-24(27)29/h2-3,5-6,8-9,11,13,17,19,23,26,32H,4,7,10,12,14-16,18H2,1H3,(H,33,34)/t19-,23+,26+/m1/s1. The lowest BCUT2D eigenvalue weighted by Gasteiger charge is -2.37. The Balaban J connectivity index is 1.30. The van der Waals surface area contributed by atoms with Gasteiger partial charge in [-0.15, -0.1) is 11.8 Å². The number of thioether (sulfide) groups is 1. The second kappa shape index (κ2) is 12.5. The van der Waals surface area contributed by atoms with E-state index in [9.17, 15) is 19.4 Å². The predicted octanol–water partition coefficient (Wildman–Crippen LogP) is 5.40. The monoisotopic (exact) mass is 512 g/mol. The van der Waals surface area contributed by atoms with Gasteiger partial charge >= 0.3 is 5.97 Å². The topological polar surface area (TPSA) is 82.9 Å². The lowest BCUT2D eigenvalue weighted by atomic mass is 9.81. The van der Waals surface area contributed by atoms with E-state index in [2.05, 4.69) is 9.88 Å². The van der Waals surface area contributed by atoms with Crippen LogP contribution in [0.2, 0.25) is 0 Å². The quantitative estimate of drug-likeness (QED) is 0.263. The van der Waals surface area contributed by atoms with Crippen molar-refractivity contribution in [3.05, 3.63) is 66.1 Å². The van der Waals surface area contributed by atoms with Crippen LogP contribution in [0.3, 0.4) is 0 Å². The summed E-state index contributed by atoms with van der Waals surface area (Å²) < 4.78 is 19.1. The van der Waals surface area contributed by atoms with E-state index in [4.69, 9.17) is 4.74 Å². The van der Waals surface area contributed by atoms with Crippen LogP contribution in [0.1, 0.15) is 37.4 Å². The number of carboxylic acids is 1. The maximum Gasteiger partial charge on any atom is 0.308 e. The maximum atomic E-state index is 13.8. The molecule has 1 fully saturated rings. The van der Waals surface area contributed by atoms with E-state index in [1.165, 1.54) is 17.8 Å². The number of benzene rings is 2. The number of pyridine rings is 1. The normalized spacial score (nSPS) is 19.3. The van der Waals surface area contributed by atoms with Crippen LogP contribution in [0.4, 0.5) is 4.39 Å². The number of rotatable bonds is 11. The van der Waals surface area contributed by atoms with Crippen LogP contribution in [0.5, 0.6) is 5.75 Å². The molecule has 6 nitrogen and oxygen atoms in total. The molecule has 0 amide bonds. The van der Waals surface area contributed by atoms with E-state index >= 15 is 0 Å². The number of aliphatic hydroxyl groups excluding tert-OH is 1. The summed E-state index contributed by atoms with van der Waals surface area (Å²) in [5.74, 6) is 0.0716. The van der Waals surface area contributed by atoms with E-state index in [0.717, 1.165) is 48.2 Å². The molecule has 36 heavy (non-hydrogen) atoms. The van der Waals surface area contributed by atoms with Crippen LogP contribution in [-0.4, -0.2) is 58.6 Å². The summed E-state index contributed by atoms with van der Waals surface area (Å²) in [5.41, 5.74) is 1.58. The molecule has 8 heteroatoms. The van der Waals surface area contributed by atoms with Crippen LogP contribution in [0, 0.1) is 17.7 Å². The van der Waals surface area contributed by atoms with E-state index in [1.54, 1.807) is 25.4 Å². The van der Waals surface area contributed by atoms with Crippen molar-refractivity contribution in [2.75, 3.05) is 32.5 Å². The number of ether oxygens (including phenoxy) is 1. The van der Waals surface area contributed by atoms with E-state index in [-0.39, 0.29) is 11.7 Å². The van der Waals surface area contributed by atoms with Crippen molar-refractivity contribution in [3.8, 4) is 5.75 Å². The third kappa shape index (κ3) is 6.55. The summed E-state index contributed by atoms with van der Waals surface area (Å²) in [6, 6.07) is 14.2. The average molecular weight is 513 g/mol. The molecule has 1 saturated heterocycles. The molecule has 1 aromatic heterocycles. The van der Waals surface area contributed by atoms with Crippen LogP contribution >= 0.6 is 11.8 Å². The van der Waals surface area contributed by atoms with Gasteiger partial charge in [-0.1, -0.05) is 12.1 Å². The fourth-order valence-corrected chi connectivity index (χ4v) is 5.89. The number of fused-ring (bicyclic) bond motifs is 1. The first-order chi connectivity index (χ1) is 17.5. The van der Waals surface area contributed by atoms with E-state index in [1.807, 2.05) is 30.3 Å². The van der Waals surface area contributed by atoms with Gasteiger partial charge in [0.05, 0.1) is 24.6 Å². The summed E-state index contributed by atoms with van der Waals surface area (Å²) in [6.45, 7) is 2.14. The highest BCUT2D eigenvalue weighted by Crippen LogP contribution is 2.34. The molecule has 3 atom stereocenters. The highest BCUT2D eigenvalue weighted by molar-refractivity contribution is 7.99. The van der Waals surface area contributed by atoms with Crippen LogP contribution in [-0.2, 0) is 4.79 Å². The van der Waals surface area contributed by atoms with Crippen LogP contribution in [0.15, 0.2) is 59.6 Å². The highest BCUT2D eigenvalue weighted by atomic mass is 32.2. The number of halogens is 1. The molecule has 3 aromatic rings. The lowest BCUT2D eigenvalue weighted by molar-refractivity contribution is -0.146. The summed E-state index contributed by atoms with van der Waals surface area (Å²) in [6.07, 6.45) is 3.77. The number of carboxylic acid groups (broad SMARTS) is 1. The molecule has 4 rings (SSSR count). The molecule has 0 unspecified atom stereocenters. The van der Waals surface area contributed by atoms with Crippen LogP contribution < -0.4 is 4.74 Å². The van der Waals surface area contributed by atoms with Gasteiger partial charge in [0.1, 0.15) is 11.6 Å². The summed E-state index contributed by atoms with van der Waals surface area (Å²) in [5, 5.41) is 21.7. The number of aliphatic carboxylic acids is 1. The van der Waals surface area contributed by atoms with Crippen molar-refractivity contribution >= 4 is 28.6 Å². The molecule has 0 radical (unpaired) electrons. The van der Waals surface area contributed by atoms with Gasteiger partial charge in [-0.05, 0) is 92.4 Å². The Morgan fingerprint density at radius 1 is 1.28 bits per heavy atom. The molecule has 0 aliphatic carbocycles.